The standard InChI is InChI=1S/C19H20F3NO5/c1-10-15(12(3)25)16(13-6-4-5-7-14(13)19(20,21)22)17(11(2)23-10)28-18(26)27-9-8-24/h4-7,16,23-24H,8-9H2,1-3H3. The van der Waals surface area contributed by atoms with Gasteiger partial charge < -0.3 is 19.9 Å². The van der Waals surface area contributed by atoms with Crippen LogP contribution in [0.1, 0.15) is 37.8 Å². The van der Waals surface area contributed by atoms with Crippen LogP contribution in [0.15, 0.2) is 47.0 Å². The smallest absolute Gasteiger partial charge is 0.432 e. The van der Waals surface area contributed by atoms with Crippen LogP contribution < -0.4 is 5.32 Å². The Labute approximate surface area is 159 Å². The van der Waals surface area contributed by atoms with Gasteiger partial charge in [-0.05, 0) is 32.4 Å². The Balaban J connectivity index is 2.63. The molecular weight excluding hydrogens is 379 g/mol. The summed E-state index contributed by atoms with van der Waals surface area (Å²) in [6.07, 6.45) is -5.87. The van der Waals surface area contributed by atoms with Gasteiger partial charge in [-0.3, -0.25) is 4.79 Å². The first-order valence-electron chi connectivity index (χ1n) is 8.39. The number of alkyl halides is 3. The van der Waals surface area contributed by atoms with Crippen LogP contribution in [-0.4, -0.2) is 30.3 Å². The number of halogens is 3. The maximum atomic E-state index is 13.6. The van der Waals surface area contributed by atoms with E-state index in [9.17, 15) is 22.8 Å². The van der Waals surface area contributed by atoms with Crippen molar-refractivity contribution in [1.82, 2.24) is 5.32 Å². The van der Waals surface area contributed by atoms with E-state index in [2.05, 4.69) is 10.1 Å². The molecule has 28 heavy (non-hydrogen) atoms. The molecule has 0 radical (unpaired) electrons. The molecule has 152 valence electrons. The summed E-state index contributed by atoms with van der Waals surface area (Å²) in [5.74, 6) is -1.89. The molecule has 1 aromatic rings. The Kier molecular flexibility index (Phi) is 6.50. The van der Waals surface area contributed by atoms with E-state index in [4.69, 9.17) is 9.84 Å². The molecule has 2 N–H and O–H groups in total. The minimum absolute atomic E-state index is 0.0484. The molecule has 0 bridgehead atoms. The van der Waals surface area contributed by atoms with Gasteiger partial charge in [-0.2, -0.15) is 13.2 Å². The van der Waals surface area contributed by atoms with Gasteiger partial charge in [0.25, 0.3) is 0 Å². The summed E-state index contributed by atoms with van der Waals surface area (Å²) in [6, 6.07) is 4.80. The normalized spacial score (nSPS) is 17.3. The van der Waals surface area contributed by atoms with Crippen molar-refractivity contribution < 1.29 is 37.3 Å². The lowest BCUT2D eigenvalue weighted by Gasteiger charge is -2.31. The Hall–Kier alpha value is -2.81. The average Bonchev–Trinajstić information content (AvgIpc) is 2.60. The van der Waals surface area contributed by atoms with Gasteiger partial charge in [0.05, 0.1) is 23.8 Å². The first-order valence-corrected chi connectivity index (χ1v) is 8.39. The molecule has 0 amide bonds. The number of benzene rings is 1. The fourth-order valence-electron chi connectivity index (χ4n) is 3.13. The number of allylic oxidation sites excluding steroid dienone is 3. The molecule has 9 heteroatoms. The average molecular weight is 399 g/mol. The molecule has 0 saturated heterocycles. The minimum atomic E-state index is -4.67. The number of rotatable bonds is 5. The zero-order chi connectivity index (χ0) is 21.1. The van der Waals surface area contributed by atoms with Gasteiger partial charge in [-0.25, -0.2) is 4.79 Å². The number of hydrogen-bond acceptors (Lipinski definition) is 6. The summed E-state index contributed by atoms with van der Waals surface area (Å²) < 4.78 is 50.6. The van der Waals surface area contributed by atoms with E-state index < -0.39 is 36.2 Å². The van der Waals surface area contributed by atoms with Crippen LogP contribution in [0.2, 0.25) is 0 Å². The molecule has 0 saturated carbocycles. The predicted molar refractivity (Wildman–Crippen MR) is 92.9 cm³/mol. The monoisotopic (exact) mass is 399 g/mol. The maximum absolute atomic E-state index is 13.6. The van der Waals surface area contributed by atoms with Crippen molar-refractivity contribution >= 4 is 11.9 Å². The van der Waals surface area contributed by atoms with Crippen molar-refractivity contribution in [3.05, 3.63) is 58.1 Å². The van der Waals surface area contributed by atoms with Crippen molar-refractivity contribution in [2.24, 2.45) is 0 Å². The van der Waals surface area contributed by atoms with Crippen LogP contribution in [-0.2, 0) is 20.4 Å². The van der Waals surface area contributed by atoms with Crippen LogP contribution >= 0.6 is 0 Å². The number of ether oxygens (including phenoxy) is 2. The van der Waals surface area contributed by atoms with E-state index in [-0.39, 0.29) is 29.2 Å². The summed E-state index contributed by atoms with van der Waals surface area (Å²) in [6.45, 7) is 3.52. The number of carbonyl (C=O) groups excluding carboxylic acids is 2. The number of Topliss-reactive ketones (excluding diaryl/α,β-unsaturated/α-hetero) is 1. The van der Waals surface area contributed by atoms with Crippen molar-refractivity contribution in [2.45, 2.75) is 32.9 Å². The van der Waals surface area contributed by atoms with Gasteiger partial charge in [0.2, 0.25) is 0 Å². The lowest BCUT2D eigenvalue weighted by atomic mass is 9.81. The molecule has 2 rings (SSSR count). The van der Waals surface area contributed by atoms with Gasteiger partial charge in [0.15, 0.2) is 5.78 Å². The van der Waals surface area contributed by atoms with Gasteiger partial charge in [0, 0.05) is 11.3 Å². The molecule has 1 atom stereocenters. The first kappa shape index (κ1) is 21.5. The molecule has 1 aromatic carbocycles. The topological polar surface area (TPSA) is 84.9 Å². The van der Waals surface area contributed by atoms with E-state index >= 15 is 0 Å². The van der Waals surface area contributed by atoms with E-state index in [1.807, 2.05) is 0 Å². The third-order valence-electron chi connectivity index (χ3n) is 4.16. The number of hydrogen-bond donors (Lipinski definition) is 2. The minimum Gasteiger partial charge on any atom is -0.432 e. The summed E-state index contributed by atoms with van der Waals surface area (Å²) in [5, 5.41) is 11.6. The quantitative estimate of drug-likeness (QED) is 0.736. The predicted octanol–water partition coefficient (Wildman–Crippen LogP) is 3.63. The highest BCUT2D eigenvalue weighted by Gasteiger charge is 2.41. The summed E-state index contributed by atoms with van der Waals surface area (Å²) in [7, 11) is 0. The highest BCUT2D eigenvalue weighted by Crippen LogP contribution is 2.44. The van der Waals surface area contributed by atoms with E-state index in [0.29, 0.717) is 5.70 Å². The second kappa shape index (κ2) is 8.47. The lowest BCUT2D eigenvalue weighted by Crippen LogP contribution is -2.30. The Morgan fingerprint density at radius 3 is 2.39 bits per heavy atom. The van der Waals surface area contributed by atoms with Crippen LogP contribution in [0.4, 0.5) is 18.0 Å². The number of aliphatic hydroxyl groups excluding tert-OH is 1. The fourth-order valence-corrected chi connectivity index (χ4v) is 3.13. The van der Waals surface area contributed by atoms with Crippen LogP contribution in [0, 0.1) is 0 Å². The molecule has 0 aromatic heterocycles. The molecule has 0 spiro atoms. The Morgan fingerprint density at radius 2 is 1.82 bits per heavy atom. The van der Waals surface area contributed by atoms with Gasteiger partial charge in [0.1, 0.15) is 12.4 Å². The SMILES string of the molecule is CC(=O)C1=C(C)NC(C)=C(OC(=O)OCCO)C1c1ccccc1C(F)(F)F. The molecule has 1 aliphatic rings. The van der Waals surface area contributed by atoms with Crippen molar-refractivity contribution in [1.29, 1.82) is 0 Å². The number of ketones is 1. The molecule has 0 fully saturated rings. The van der Waals surface area contributed by atoms with E-state index in [1.165, 1.54) is 32.0 Å². The van der Waals surface area contributed by atoms with Gasteiger partial charge in [-0.1, -0.05) is 18.2 Å². The van der Waals surface area contributed by atoms with Gasteiger partial charge in [-0.15, -0.1) is 0 Å². The second-order valence-corrected chi connectivity index (χ2v) is 6.15. The molecule has 1 unspecified atom stereocenters. The van der Waals surface area contributed by atoms with Crippen molar-refractivity contribution in [3.8, 4) is 0 Å². The number of nitrogens with one attached hydrogen (secondary N) is 1. The fraction of sp³-hybridized carbons (Fsp3) is 0.368. The summed E-state index contributed by atoms with van der Waals surface area (Å²) >= 11 is 0. The molecule has 1 aliphatic heterocycles. The maximum Gasteiger partial charge on any atom is 0.513 e. The molecule has 6 nitrogen and oxygen atoms in total. The highest BCUT2D eigenvalue weighted by molar-refractivity contribution is 5.97. The van der Waals surface area contributed by atoms with Crippen molar-refractivity contribution in [2.75, 3.05) is 13.2 Å². The van der Waals surface area contributed by atoms with E-state index in [0.717, 1.165) is 6.07 Å². The van der Waals surface area contributed by atoms with Gasteiger partial charge >= 0.3 is 12.3 Å². The lowest BCUT2D eigenvalue weighted by molar-refractivity contribution is -0.138. The largest absolute Gasteiger partial charge is 0.513 e. The zero-order valence-corrected chi connectivity index (χ0v) is 15.5. The van der Waals surface area contributed by atoms with E-state index in [1.54, 1.807) is 6.92 Å². The second-order valence-electron chi connectivity index (χ2n) is 6.15. The third-order valence-corrected chi connectivity index (χ3v) is 4.16. The zero-order valence-electron chi connectivity index (χ0n) is 15.5. The Morgan fingerprint density at radius 1 is 1.18 bits per heavy atom. The number of carbonyl (C=O) groups is 2. The van der Waals surface area contributed by atoms with Crippen LogP contribution in [0.5, 0.6) is 0 Å². The van der Waals surface area contributed by atoms with Crippen LogP contribution in [0.25, 0.3) is 0 Å². The Bertz CT molecular complexity index is 842. The highest BCUT2D eigenvalue weighted by atomic mass is 19.4. The molecular formula is C19H20F3NO5. The molecule has 0 aliphatic carbocycles. The summed E-state index contributed by atoms with van der Waals surface area (Å²) in [4.78, 5) is 24.1. The van der Waals surface area contributed by atoms with Crippen LogP contribution in [0.3, 0.4) is 0 Å². The molecule has 1 heterocycles. The summed E-state index contributed by atoms with van der Waals surface area (Å²) in [5.41, 5.74) is -0.475. The number of aliphatic hydroxyl groups is 1. The third kappa shape index (κ3) is 4.53. The van der Waals surface area contributed by atoms with Crippen molar-refractivity contribution in [3.63, 3.8) is 0 Å². The first-order chi connectivity index (χ1) is 13.1. The number of dihydropyridines is 1.